The van der Waals surface area contributed by atoms with Crippen LogP contribution in [0.15, 0.2) is 18.2 Å². The van der Waals surface area contributed by atoms with Crippen LogP contribution < -0.4 is 0 Å². The number of carboxylic acids is 1. The summed E-state index contributed by atoms with van der Waals surface area (Å²) in [5.74, 6) is -3.18. The Kier molecular flexibility index (Phi) is 7.16. The molecule has 0 spiro atoms. The van der Waals surface area contributed by atoms with Crippen molar-refractivity contribution in [2.75, 3.05) is 0 Å². The number of hydrogen-bond acceptors (Lipinski definition) is 10. The lowest BCUT2D eigenvalue weighted by Crippen LogP contribution is -2.60. The maximum absolute atomic E-state index is 11.9. The van der Waals surface area contributed by atoms with Crippen LogP contribution in [0, 0.1) is 0 Å². The molecule has 11 heteroatoms. The summed E-state index contributed by atoms with van der Waals surface area (Å²) in [5, 5.41) is 66.6. The molecule has 7 N–H and O–H groups in total. The second-order valence-electron chi connectivity index (χ2n) is 6.44. The lowest BCUT2D eigenvalue weighted by Gasteiger charge is -2.37. The van der Waals surface area contributed by atoms with E-state index in [9.17, 15) is 40.2 Å². The van der Waals surface area contributed by atoms with E-state index >= 15 is 0 Å². The molecule has 0 radical (unpaired) electrons. The van der Waals surface area contributed by atoms with Gasteiger partial charge in [-0.1, -0.05) is 6.07 Å². The molecule has 1 saturated heterocycles. The lowest BCUT2D eigenvalue weighted by molar-refractivity contribution is -0.286. The number of carbonyl (C=O) groups excluding carboxylic acids is 1. The van der Waals surface area contributed by atoms with E-state index in [0.29, 0.717) is 5.56 Å². The summed E-state index contributed by atoms with van der Waals surface area (Å²) in [6.07, 6.45) is -10.6. The van der Waals surface area contributed by atoms with Gasteiger partial charge in [-0.25, -0.2) is 4.79 Å². The van der Waals surface area contributed by atoms with Crippen LogP contribution in [0.25, 0.3) is 0 Å². The van der Waals surface area contributed by atoms with Crippen LogP contribution in [0.2, 0.25) is 0 Å². The number of ether oxygens (including phenoxy) is 2. The van der Waals surface area contributed by atoms with Crippen LogP contribution in [0.5, 0.6) is 11.5 Å². The predicted molar refractivity (Wildman–Crippen MR) is 89.1 cm³/mol. The number of rotatable bonds is 7. The van der Waals surface area contributed by atoms with Crippen LogP contribution in [0.3, 0.4) is 0 Å². The monoisotopic (exact) mass is 402 g/mol. The van der Waals surface area contributed by atoms with Gasteiger partial charge in [-0.2, -0.15) is 0 Å². The predicted octanol–water partition coefficient (Wildman–Crippen LogP) is -1.78. The number of hydrogen-bond donors (Lipinski definition) is 7. The molecule has 28 heavy (non-hydrogen) atoms. The molecular weight excluding hydrogens is 380 g/mol. The number of aliphatic hydroxyl groups excluding tert-OH is 4. The Labute approximate surface area is 159 Å². The first-order valence-electron chi connectivity index (χ1n) is 8.41. The number of phenols is 2. The quantitative estimate of drug-likeness (QED) is 0.201. The zero-order valence-electron chi connectivity index (χ0n) is 14.6. The molecule has 1 aromatic rings. The van der Waals surface area contributed by atoms with Crippen molar-refractivity contribution in [2.45, 2.75) is 56.1 Å². The van der Waals surface area contributed by atoms with Gasteiger partial charge in [0, 0.05) is 6.42 Å². The molecule has 1 fully saturated rings. The molecule has 2 rings (SSSR count). The van der Waals surface area contributed by atoms with Gasteiger partial charge in [0.2, 0.25) is 6.29 Å². The van der Waals surface area contributed by atoms with E-state index in [1.807, 2.05) is 0 Å². The molecule has 1 aliphatic rings. The summed E-state index contributed by atoms with van der Waals surface area (Å²) in [7, 11) is 0. The van der Waals surface area contributed by atoms with E-state index in [1.54, 1.807) is 0 Å². The average Bonchev–Trinajstić information content (AvgIpc) is 2.63. The number of phenolic OH excluding ortho intramolecular Hbond substituents is 2. The fourth-order valence-electron chi connectivity index (χ4n) is 2.69. The number of aromatic hydroxyl groups is 2. The largest absolute Gasteiger partial charge is 0.504 e. The van der Waals surface area contributed by atoms with Gasteiger partial charge in [0.15, 0.2) is 17.6 Å². The molecule has 1 aromatic carbocycles. The van der Waals surface area contributed by atoms with Crippen molar-refractivity contribution in [2.24, 2.45) is 0 Å². The van der Waals surface area contributed by atoms with Crippen LogP contribution in [-0.4, -0.2) is 84.5 Å². The minimum Gasteiger partial charge on any atom is -0.504 e. The van der Waals surface area contributed by atoms with Crippen molar-refractivity contribution in [1.82, 2.24) is 0 Å². The molecule has 1 unspecified atom stereocenters. The summed E-state index contributed by atoms with van der Waals surface area (Å²) in [6.45, 7) is 0. The highest BCUT2D eigenvalue weighted by atomic mass is 16.7. The molecular formula is C17H22O11. The molecule has 0 aliphatic carbocycles. The van der Waals surface area contributed by atoms with Gasteiger partial charge in [0.1, 0.15) is 18.3 Å². The van der Waals surface area contributed by atoms with E-state index in [-0.39, 0.29) is 30.8 Å². The van der Waals surface area contributed by atoms with Gasteiger partial charge < -0.3 is 45.2 Å². The van der Waals surface area contributed by atoms with Crippen molar-refractivity contribution >= 4 is 11.9 Å². The highest BCUT2D eigenvalue weighted by Gasteiger charge is 2.48. The Hall–Kier alpha value is -2.44. The highest BCUT2D eigenvalue weighted by Crippen LogP contribution is 2.26. The van der Waals surface area contributed by atoms with Crippen molar-refractivity contribution in [3.63, 3.8) is 0 Å². The van der Waals surface area contributed by atoms with Crippen molar-refractivity contribution in [3.05, 3.63) is 23.8 Å². The van der Waals surface area contributed by atoms with Crippen LogP contribution in [0.1, 0.15) is 18.4 Å². The number of carbonyl (C=O) groups is 2. The maximum atomic E-state index is 11.9. The maximum Gasteiger partial charge on any atom is 0.335 e. The highest BCUT2D eigenvalue weighted by molar-refractivity contribution is 5.73. The molecule has 11 nitrogen and oxygen atoms in total. The third-order valence-corrected chi connectivity index (χ3v) is 4.25. The van der Waals surface area contributed by atoms with Gasteiger partial charge in [-0.05, 0) is 30.5 Å². The topological polar surface area (TPSA) is 194 Å². The second kappa shape index (κ2) is 9.17. The van der Waals surface area contributed by atoms with E-state index in [4.69, 9.17) is 14.6 Å². The van der Waals surface area contributed by atoms with Crippen molar-refractivity contribution in [1.29, 1.82) is 0 Å². The van der Waals surface area contributed by atoms with E-state index < -0.39 is 48.7 Å². The first-order valence-corrected chi connectivity index (χ1v) is 8.41. The molecule has 0 aromatic heterocycles. The Morgan fingerprint density at radius 1 is 1.07 bits per heavy atom. The van der Waals surface area contributed by atoms with Gasteiger partial charge in [0.05, 0.1) is 6.10 Å². The molecule has 6 atom stereocenters. The van der Waals surface area contributed by atoms with E-state index in [0.717, 1.165) is 0 Å². The molecule has 0 saturated carbocycles. The number of benzene rings is 1. The average molecular weight is 402 g/mol. The fourth-order valence-corrected chi connectivity index (χ4v) is 2.69. The summed E-state index contributed by atoms with van der Waals surface area (Å²) < 4.78 is 9.63. The molecule has 1 aliphatic heterocycles. The molecule has 156 valence electrons. The summed E-state index contributed by atoms with van der Waals surface area (Å²) in [5.41, 5.74) is 0.517. The zero-order chi connectivity index (χ0) is 21.0. The fraction of sp³-hybridized carbons (Fsp3) is 0.529. The van der Waals surface area contributed by atoms with Gasteiger partial charge in [-0.3, -0.25) is 4.79 Å². The Morgan fingerprint density at radius 2 is 1.75 bits per heavy atom. The molecule has 0 bridgehead atoms. The van der Waals surface area contributed by atoms with Gasteiger partial charge in [0.25, 0.3) is 0 Å². The van der Waals surface area contributed by atoms with E-state index in [2.05, 4.69) is 0 Å². The van der Waals surface area contributed by atoms with Gasteiger partial charge in [-0.15, -0.1) is 0 Å². The number of carboxylic acid groups (broad SMARTS) is 1. The smallest absolute Gasteiger partial charge is 0.335 e. The second-order valence-corrected chi connectivity index (χ2v) is 6.44. The number of aliphatic carboxylic acids is 1. The van der Waals surface area contributed by atoms with Crippen molar-refractivity contribution in [3.8, 4) is 11.5 Å². The lowest BCUT2D eigenvalue weighted by atomic mass is 9.99. The molecule has 0 amide bonds. The zero-order valence-corrected chi connectivity index (χ0v) is 14.6. The first-order chi connectivity index (χ1) is 13.1. The number of aliphatic hydroxyl groups is 4. The standard InChI is InChI=1S/C17H22O11/c18-8(5-7-1-3-9(19)10(20)6-7)2-4-11(21)27-17-14(24)12(22)13(23)15(28-17)16(25)26/h1,3,6,8,12-15,17-20,22-24H,2,4-5H2,(H,25,26)/t8?,12-,13-,14+,15-,17+/m0/s1. The third kappa shape index (κ3) is 5.30. The minimum atomic E-state index is -1.90. The van der Waals surface area contributed by atoms with Crippen molar-refractivity contribution < 1.29 is 54.8 Å². The number of esters is 1. The Morgan fingerprint density at radius 3 is 2.36 bits per heavy atom. The van der Waals surface area contributed by atoms with Crippen LogP contribution >= 0.6 is 0 Å². The van der Waals surface area contributed by atoms with E-state index in [1.165, 1.54) is 18.2 Å². The van der Waals surface area contributed by atoms with Gasteiger partial charge >= 0.3 is 11.9 Å². The minimum absolute atomic E-state index is 0.0587. The SMILES string of the molecule is O=C(CCC(O)Cc1ccc(O)c(O)c1)O[C@@H]1O[C@H](C(=O)O)[C@@H](O)[C@H](O)[C@H]1O. The van der Waals surface area contributed by atoms with Crippen LogP contribution in [0.4, 0.5) is 0 Å². The summed E-state index contributed by atoms with van der Waals surface area (Å²) in [6, 6.07) is 4.01. The summed E-state index contributed by atoms with van der Waals surface area (Å²) >= 11 is 0. The normalized spacial score (nSPS) is 28.5. The Bertz CT molecular complexity index is 706. The summed E-state index contributed by atoms with van der Waals surface area (Å²) in [4.78, 5) is 22.9. The third-order valence-electron chi connectivity index (χ3n) is 4.25. The van der Waals surface area contributed by atoms with Crippen LogP contribution in [-0.2, 0) is 25.5 Å². The molecule has 1 heterocycles. The first kappa shape index (κ1) is 21.9. The Balaban J connectivity index is 1.85.